The van der Waals surface area contributed by atoms with E-state index < -0.39 is 10.0 Å². The van der Waals surface area contributed by atoms with Crippen LogP contribution in [0.25, 0.3) is 0 Å². The molecule has 21 heavy (non-hydrogen) atoms. The van der Waals surface area contributed by atoms with Gasteiger partial charge in [-0.05, 0) is 48.7 Å². The summed E-state index contributed by atoms with van der Waals surface area (Å²) in [5, 5.41) is 8.53. The zero-order valence-electron chi connectivity index (χ0n) is 12.1. The maximum atomic E-state index is 11.4. The van der Waals surface area contributed by atoms with E-state index in [0.717, 1.165) is 11.1 Å². The third kappa shape index (κ3) is 4.10. The molecule has 6 heteroatoms. The molecule has 0 aliphatic carbocycles. The lowest BCUT2D eigenvalue weighted by atomic mass is 10.1. The van der Waals surface area contributed by atoms with E-state index in [2.05, 4.69) is 10.3 Å². The summed E-state index contributed by atoms with van der Waals surface area (Å²) in [4.78, 5) is 4.19. The van der Waals surface area contributed by atoms with Crippen LogP contribution in [0.5, 0.6) is 0 Å². The first-order valence-electron chi connectivity index (χ1n) is 6.63. The summed E-state index contributed by atoms with van der Waals surface area (Å²) in [6.45, 7) is 4.68. The molecule has 0 aliphatic rings. The van der Waals surface area contributed by atoms with Crippen molar-refractivity contribution in [3.05, 3.63) is 59.4 Å². The number of sulfonamides is 1. The zero-order chi connectivity index (χ0) is 15.5. The smallest absolute Gasteiger partial charge is 0.238 e. The summed E-state index contributed by atoms with van der Waals surface area (Å²) in [7, 11) is -3.67. The Morgan fingerprint density at radius 3 is 2.76 bits per heavy atom. The molecule has 0 fully saturated rings. The highest BCUT2D eigenvalue weighted by atomic mass is 32.2. The SMILES string of the molecule is Cc1cnccc1CNC(C)c1cccc(S(N)(=O)=O)c1. The summed E-state index contributed by atoms with van der Waals surface area (Å²) in [6.07, 6.45) is 3.58. The van der Waals surface area contributed by atoms with Crippen LogP contribution in [0.1, 0.15) is 29.7 Å². The van der Waals surface area contributed by atoms with Gasteiger partial charge >= 0.3 is 0 Å². The average molecular weight is 305 g/mol. The Morgan fingerprint density at radius 2 is 2.10 bits per heavy atom. The van der Waals surface area contributed by atoms with Crippen LogP contribution in [0.2, 0.25) is 0 Å². The number of nitrogens with zero attached hydrogens (tertiary/aromatic N) is 1. The van der Waals surface area contributed by atoms with Gasteiger partial charge in [0.15, 0.2) is 0 Å². The number of benzene rings is 1. The van der Waals surface area contributed by atoms with Crippen LogP contribution in [0.15, 0.2) is 47.6 Å². The molecule has 1 unspecified atom stereocenters. The molecule has 2 aromatic rings. The first-order chi connectivity index (χ1) is 9.88. The molecule has 2 rings (SSSR count). The van der Waals surface area contributed by atoms with Gasteiger partial charge < -0.3 is 5.32 Å². The molecule has 1 heterocycles. The third-order valence-electron chi connectivity index (χ3n) is 3.42. The molecule has 0 amide bonds. The number of pyridine rings is 1. The number of primary sulfonamides is 1. The van der Waals surface area contributed by atoms with Crippen molar-refractivity contribution in [3.8, 4) is 0 Å². The van der Waals surface area contributed by atoms with Gasteiger partial charge in [0.25, 0.3) is 0 Å². The number of hydrogen-bond donors (Lipinski definition) is 2. The van der Waals surface area contributed by atoms with Gasteiger partial charge in [-0.3, -0.25) is 4.98 Å². The fraction of sp³-hybridized carbons (Fsp3) is 0.267. The molecule has 1 aromatic heterocycles. The maximum absolute atomic E-state index is 11.4. The van der Waals surface area contributed by atoms with Crippen LogP contribution in [-0.2, 0) is 16.6 Å². The fourth-order valence-corrected chi connectivity index (χ4v) is 2.61. The summed E-state index contributed by atoms with van der Waals surface area (Å²) < 4.78 is 22.8. The van der Waals surface area contributed by atoms with Gasteiger partial charge in [-0.1, -0.05) is 12.1 Å². The molecule has 3 N–H and O–H groups in total. The fourth-order valence-electron chi connectivity index (χ4n) is 2.04. The number of hydrogen-bond acceptors (Lipinski definition) is 4. The molecule has 0 saturated heterocycles. The Kier molecular flexibility index (Phi) is 4.72. The molecular weight excluding hydrogens is 286 g/mol. The minimum absolute atomic E-state index is 0.0132. The quantitative estimate of drug-likeness (QED) is 0.883. The second kappa shape index (κ2) is 6.34. The lowest BCUT2D eigenvalue weighted by molar-refractivity contribution is 0.570. The Morgan fingerprint density at radius 1 is 1.33 bits per heavy atom. The Balaban J connectivity index is 2.11. The van der Waals surface area contributed by atoms with E-state index in [1.54, 1.807) is 18.3 Å². The molecule has 0 bridgehead atoms. The monoisotopic (exact) mass is 305 g/mol. The van der Waals surface area contributed by atoms with Crippen molar-refractivity contribution >= 4 is 10.0 Å². The van der Waals surface area contributed by atoms with Gasteiger partial charge in [0, 0.05) is 25.0 Å². The zero-order valence-corrected chi connectivity index (χ0v) is 12.9. The standard InChI is InChI=1S/C15H19N3O2S/c1-11-9-17-7-6-14(11)10-18-12(2)13-4-3-5-15(8-13)21(16,19)20/h3-9,12,18H,10H2,1-2H3,(H2,16,19,20). The molecule has 112 valence electrons. The van der Waals surface area contributed by atoms with Crippen LogP contribution < -0.4 is 10.5 Å². The summed E-state index contributed by atoms with van der Waals surface area (Å²) in [6, 6.07) is 8.66. The van der Waals surface area contributed by atoms with E-state index in [0.29, 0.717) is 6.54 Å². The molecule has 0 spiro atoms. The summed E-state index contributed by atoms with van der Waals surface area (Å²) in [5.74, 6) is 0. The minimum atomic E-state index is -3.67. The predicted molar refractivity (Wildman–Crippen MR) is 82.0 cm³/mol. The van der Waals surface area contributed by atoms with Gasteiger partial charge in [0.2, 0.25) is 10.0 Å². The molecule has 0 saturated carbocycles. The maximum Gasteiger partial charge on any atom is 0.238 e. The van der Waals surface area contributed by atoms with Gasteiger partial charge in [-0.25, -0.2) is 13.6 Å². The largest absolute Gasteiger partial charge is 0.306 e. The second-order valence-electron chi connectivity index (χ2n) is 5.02. The van der Waals surface area contributed by atoms with Crippen LogP contribution in [0.3, 0.4) is 0 Å². The van der Waals surface area contributed by atoms with E-state index in [1.165, 1.54) is 11.6 Å². The van der Waals surface area contributed by atoms with Crippen molar-refractivity contribution in [1.29, 1.82) is 0 Å². The molecule has 5 nitrogen and oxygen atoms in total. The number of rotatable bonds is 5. The van der Waals surface area contributed by atoms with Crippen molar-refractivity contribution in [3.63, 3.8) is 0 Å². The van der Waals surface area contributed by atoms with Crippen molar-refractivity contribution < 1.29 is 8.42 Å². The number of aromatic nitrogens is 1. The Bertz CT molecular complexity index is 729. The molecule has 0 radical (unpaired) electrons. The molecular formula is C15H19N3O2S. The molecule has 0 aliphatic heterocycles. The summed E-state index contributed by atoms with van der Waals surface area (Å²) >= 11 is 0. The Labute approximate surface area is 125 Å². The predicted octanol–water partition coefficient (Wildman–Crippen LogP) is 1.89. The van der Waals surface area contributed by atoms with Crippen molar-refractivity contribution in [2.24, 2.45) is 5.14 Å². The van der Waals surface area contributed by atoms with Crippen molar-refractivity contribution in [1.82, 2.24) is 10.3 Å². The van der Waals surface area contributed by atoms with E-state index in [9.17, 15) is 8.42 Å². The molecule has 1 aromatic carbocycles. The first-order valence-corrected chi connectivity index (χ1v) is 8.18. The lowest BCUT2D eigenvalue weighted by Crippen LogP contribution is -2.19. The van der Waals surface area contributed by atoms with Gasteiger partial charge in [-0.15, -0.1) is 0 Å². The normalized spacial score (nSPS) is 13.1. The van der Waals surface area contributed by atoms with E-state index in [1.807, 2.05) is 32.2 Å². The van der Waals surface area contributed by atoms with Crippen LogP contribution >= 0.6 is 0 Å². The highest BCUT2D eigenvalue weighted by molar-refractivity contribution is 7.89. The van der Waals surface area contributed by atoms with E-state index in [4.69, 9.17) is 5.14 Å². The third-order valence-corrected chi connectivity index (χ3v) is 4.33. The van der Waals surface area contributed by atoms with Gasteiger partial charge in [0.1, 0.15) is 0 Å². The van der Waals surface area contributed by atoms with Crippen LogP contribution in [0.4, 0.5) is 0 Å². The highest BCUT2D eigenvalue weighted by Crippen LogP contribution is 2.17. The number of nitrogens with one attached hydrogen (secondary N) is 1. The first kappa shape index (κ1) is 15.6. The minimum Gasteiger partial charge on any atom is -0.306 e. The molecule has 1 atom stereocenters. The van der Waals surface area contributed by atoms with Crippen molar-refractivity contribution in [2.75, 3.05) is 0 Å². The Hall–Kier alpha value is -1.76. The van der Waals surface area contributed by atoms with E-state index in [-0.39, 0.29) is 10.9 Å². The van der Waals surface area contributed by atoms with Crippen LogP contribution in [0, 0.1) is 6.92 Å². The average Bonchev–Trinajstić information content (AvgIpc) is 2.45. The van der Waals surface area contributed by atoms with Crippen LogP contribution in [-0.4, -0.2) is 13.4 Å². The second-order valence-corrected chi connectivity index (χ2v) is 6.58. The summed E-state index contributed by atoms with van der Waals surface area (Å²) in [5.41, 5.74) is 3.17. The number of nitrogens with two attached hydrogens (primary N) is 1. The lowest BCUT2D eigenvalue weighted by Gasteiger charge is -2.16. The van der Waals surface area contributed by atoms with E-state index >= 15 is 0 Å². The topological polar surface area (TPSA) is 85.1 Å². The highest BCUT2D eigenvalue weighted by Gasteiger charge is 2.11. The van der Waals surface area contributed by atoms with Gasteiger partial charge in [0.05, 0.1) is 4.90 Å². The number of aryl methyl sites for hydroxylation is 1. The van der Waals surface area contributed by atoms with Gasteiger partial charge in [-0.2, -0.15) is 0 Å². The van der Waals surface area contributed by atoms with Crippen molar-refractivity contribution in [2.45, 2.75) is 31.3 Å².